The quantitative estimate of drug-likeness (QED) is 0.254. The van der Waals surface area contributed by atoms with Crippen molar-refractivity contribution in [1.29, 1.82) is 0 Å². The Balaban J connectivity index is 1.87. The van der Waals surface area contributed by atoms with Gasteiger partial charge in [0.2, 0.25) is 0 Å². The molecule has 0 unspecified atom stereocenters. The zero-order valence-corrected chi connectivity index (χ0v) is 21.5. The number of aryl methyl sites for hydroxylation is 1. The summed E-state index contributed by atoms with van der Waals surface area (Å²) in [5, 5.41) is 0. The third-order valence-electron chi connectivity index (χ3n) is 5.88. The highest BCUT2D eigenvalue weighted by Gasteiger charge is 2.47. The molecule has 0 bridgehead atoms. The number of anilines is 1. The van der Waals surface area contributed by atoms with E-state index in [0.717, 1.165) is 5.56 Å². The molecule has 4 rings (SSSR count). The zero-order chi connectivity index (χ0) is 26.1. The molecule has 1 aliphatic heterocycles. The smallest absolute Gasteiger partial charge is 0.330 e. The van der Waals surface area contributed by atoms with Gasteiger partial charge in [-0.1, -0.05) is 72.3 Å². The van der Waals surface area contributed by atoms with Gasteiger partial charge < -0.3 is 4.74 Å². The minimum atomic E-state index is -4.11. The fourth-order valence-corrected chi connectivity index (χ4v) is 5.97. The van der Waals surface area contributed by atoms with Crippen molar-refractivity contribution < 1.29 is 22.7 Å². The fourth-order valence-electron chi connectivity index (χ4n) is 4.31. The third kappa shape index (κ3) is 5.11. The number of hydrogen-bond donors (Lipinski definition) is 0. The summed E-state index contributed by atoms with van der Waals surface area (Å²) in [5.74, 6) is -1.62. The van der Waals surface area contributed by atoms with E-state index in [1.54, 1.807) is 106 Å². The van der Waals surface area contributed by atoms with Gasteiger partial charge in [-0.3, -0.25) is 9.10 Å². The van der Waals surface area contributed by atoms with Gasteiger partial charge in [-0.2, -0.15) is 0 Å². The molecular weight excluding hydrogens is 474 g/mol. The molecule has 3 aromatic carbocycles. The maximum atomic E-state index is 14.0. The summed E-state index contributed by atoms with van der Waals surface area (Å²) < 4.78 is 34.6. The molecule has 2 atom stereocenters. The monoisotopic (exact) mass is 503 g/mol. The standard InChI is InChI=1S/C29H29NO5S/c1-20-14-16-22(17-15-20)36(33,34)30-25-13-9-8-12-23(25)24(18-19-26(31)35-29(2,3)4)27(30)28(32)21-10-6-5-7-11-21/h5-19,24,27H,1-4H3/b19-18+/t24-,27-/m1/s1. The predicted octanol–water partition coefficient (Wildman–Crippen LogP) is 5.44. The molecule has 0 saturated carbocycles. The maximum Gasteiger partial charge on any atom is 0.330 e. The van der Waals surface area contributed by atoms with E-state index in [2.05, 4.69) is 0 Å². The lowest BCUT2D eigenvalue weighted by Crippen LogP contribution is -2.44. The Kier molecular flexibility index (Phi) is 6.87. The molecule has 3 aromatic rings. The molecule has 0 aromatic heterocycles. The first-order valence-corrected chi connectivity index (χ1v) is 13.1. The van der Waals surface area contributed by atoms with Gasteiger partial charge in [-0.05, 0) is 51.5 Å². The van der Waals surface area contributed by atoms with E-state index >= 15 is 0 Å². The number of nitrogens with zero attached hydrogens (tertiary/aromatic N) is 1. The summed E-state index contributed by atoms with van der Waals surface area (Å²) in [6.07, 6.45) is 2.85. The highest BCUT2D eigenvalue weighted by Crippen LogP contribution is 2.46. The molecule has 1 heterocycles. The summed E-state index contributed by atoms with van der Waals surface area (Å²) in [7, 11) is -4.11. The Hall–Kier alpha value is -3.71. The number of sulfonamides is 1. The lowest BCUT2D eigenvalue weighted by atomic mass is 9.89. The van der Waals surface area contributed by atoms with Gasteiger partial charge in [0, 0.05) is 17.6 Å². The Bertz CT molecular complexity index is 1400. The van der Waals surface area contributed by atoms with Gasteiger partial charge in [0.1, 0.15) is 11.6 Å². The second-order valence-corrected chi connectivity index (χ2v) is 11.6. The van der Waals surface area contributed by atoms with Gasteiger partial charge >= 0.3 is 5.97 Å². The molecule has 7 heteroatoms. The van der Waals surface area contributed by atoms with E-state index in [-0.39, 0.29) is 10.7 Å². The van der Waals surface area contributed by atoms with E-state index in [9.17, 15) is 18.0 Å². The van der Waals surface area contributed by atoms with E-state index in [0.29, 0.717) is 16.8 Å². The van der Waals surface area contributed by atoms with Crippen LogP contribution in [0, 0.1) is 6.92 Å². The second kappa shape index (κ2) is 9.74. The lowest BCUT2D eigenvalue weighted by molar-refractivity contribution is -0.148. The van der Waals surface area contributed by atoms with Gasteiger partial charge in [0.15, 0.2) is 5.78 Å². The second-order valence-electron chi connectivity index (χ2n) is 9.77. The summed E-state index contributed by atoms with van der Waals surface area (Å²) in [4.78, 5) is 26.5. The number of rotatable bonds is 6. The van der Waals surface area contributed by atoms with Crippen molar-refractivity contribution >= 4 is 27.5 Å². The molecule has 0 radical (unpaired) electrons. The molecule has 36 heavy (non-hydrogen) atoms. The predicted molar refractivity (Wildman–Crippen MR) is 140 cm³/mol. The topological polar surface area (TPSA) is 80.8 Å². The number of benzene rings is 3. The highest BCUT2D eigenvalue weighted by atomic mass is 32.2. The summed E-state index contributed by atoms with van der Waals surface area (Å²) in [5.41, 5.74) is 1.67. The van der Waals surface area contributed by atoms with Gasteiger partial charge in [0.05, 0.1) is 10.6 Å². The number of carbonyl (C=O) groups excluding carboxylic acids is 2. The average Bonchev–Trinajstić information content (AvgIpc) is 3.17. The number of esters is 1. The first kappa shape index (κ1) is 25.4. The van der Waals surface area contributed by atoms with Crippen LogP contribution in [-0.2, 0) is 19.6 Å². The minimum Gasteiger partial charge on any atom is -0.457 e. The number of fused-ring (bicyclic) bond motifs is 1. The molecule has 0 saturated heterocycles. The maximum absolute atomic E-state index is 14.0. The number of carbonyl (C=O) groups is 2. The van der Waals surface area contributed by atoms with Crippen LogP contribution >= 0.6 is 0 Å². The summed E-state index contributed by atoms with van der Waals surface area (Å²) in [6.45, 7) is 7.17. The van der Waals surface area contributed by atoms with Crippen molar-refractivity contribution in [1.82, 2.24) is 0 Å². The molecule has 0 N–H and O–H groups in total. The van der Waals surface area contributed by atoms with Gasteiger partial charge in [-0.15, -0.1) is 0 Å². The van der Waals surface area contributed by atoms with Gasteiger partial charge in [0.25, 0.3) is 10.0 Å². The first-order chi connectivity index (χ1) is 17.0. The van der Waals surface area contributed by atoms with Crippen LogP contribution in [0.5, 0.6) is 0 Å². The van der Waals surface area contributed by atoms with Crippen molar-refractivity contribution in [3.05, 3.63) is 108 Å². The molecule has 0 fully saturated rings. The largest absolute Gasteiger partial charge is 0.457 e. The number of ether oxygens (including phenoxy) is 1. The normalized spacial score (nSPS) is 17.7. The van der Waals surface area contributed by atoms with E-state index in [1.165, 1.54) is 10.4 Å². The van der Waals surface area contributed by atoms with E-state index in [4.69, 9.17) is 4.74 Å². The number of hydrogen-bond acceptors (Lipinski definition) is 5. The fraction of sp³-hybridized carbons (Fsp3) is 0.241. The van der Waals surface area contributed by atoms with Gasteiger partial charge in [-0.25, -0.2) is 13.2 Å². The Labute approximate surface area is 212 Å². The van der Waals surface area contributed by atoms with Crippen LogP contribution in [0.15, 0.2) is 95.9 Å². The van der Waals surface area contributed by atoms with Crippen molar-refractivity contribution in [3.63, 3.8) is 0 Å². The molecule has 0 amide bonds. The van der Waals surface area contributed by atoms with Crippen molar-refractivity contribution in [2.45, 2.75) is 50.2 Å². The molecule has 6 nitrogen and oxygen atoms in total. The first-order valence-electron chi connectivity index (χ1n) is 11.7. The molecule has 1 aliphatic rings. The van der Waals surface area contributed by atoms with Crippen LogP contribution in [0.25, 0.3) is 0 Å². The number of ketones is 1. The minimum absolute atomic E-state index is 0.0885. The van der Waals surface area contributed by atoms with E-state index in [1.807, 2.05) is 6.92 Å². The number of Topliss-reactive ketones (excluding diaryl/α,β-unsaturated/α-hetero) is 1. The van der Waals surface area contributed by atoms with Crippen LogP contribution in [0.4, 0.5) is 5.69 Å². The number of para-hydroxylation sites is 1. The Morgan fingerprint density at radius 3 is 2.14 bits per heavy atom. The third-order valence-corrected chi connectivity index (χ3v) is 7.69. The van der Waals surface area contributed by atoms with Crippen molar-refractivity contribution in [2.75, 3.05) is 4.31 Å². The molecule has 0 aliphatic carbocycles. The van der Waals surface area contributed by atoms with Crippen LogP contribution in [0.3, 0.4) is 0 Å². The Morgan fingerprint density at radius 1 is 0.889 bits per heavy atom. The van der Waals surface area contributed by atoms with E-state index < -0.39 is 33.6 Å². The summed E-state index contributed by atoms with van der Waals surface area (Å²) in [6, 6.07) is 21.0. The highest BCUT2D eigenvalue weighted by molar-refractivity contribution is 7.93. The van der Waals surface area contributed by atoms with Crippen molar-refractivity contribution in [3.8, 4) is 0 Å². The lowest BCUT2D eigenvalue weighted by Gasteiger charge is -2.28. The van der Waals surface area contributed by atoms with Crippen molar-refractivity contribution in [2.24, 2.45) is 0 Å². The van der Waals surface area contributed by atoms with Crippen LogP contribution < -0.4 is 4.31 Å². The average molecular weight is 504 g/mol. The summed E-state index contributed by atoms with van der Waals surface area (Å²) >= 11 is 0. The molecule has 0 spiro atoms. The zero-order valence-electron chi connectivity index (χ0n) is 20.7. The van der Waals surface area contributed by atoms with Crippen LogP contribution in [-0.4, -0.2) is 31.8 Å². The van der Waals surface area contributed by atoms with Crippen LogP contribution in [0.2, 0.25) is 0 Å². The SMILES string of the molecule is Cc1ccc(S(=O)(=O)N2c3ccccc3[C@@H](/C=C/C(=O)OC(C)(C)C)[C@@H]2C(=O)c2ccccc2)cc1. The Morgan fingerprint density at radius 2 is 1.50 bits per heavy atom. The molecule has 186 valence electrons. The molecular formula is C29H29NO5S. The van der Waals surface area contributed by atoms with Crippen LogP contribution in [0.1, 0.15) is 48.2 Å².